The first kappa shape index (κ1) is 17.3. The summed E-state index contributed by atoms with van der Waals surface area (Å²) in [6.45, 7) is 6.49. The molecule has 1 N–H and O–H groups in total. The van der Waals surface area contributed by atoms with Crippen molar-refractivity contribution in [2.45, 2.75) is 26.7 Å². The van der Waals surface area contributed by atoms with Gasteiger partial charge >= 0.3 is 6.03 Å². The average Bonchev–Trinajstić information content (AvgIpc) is 3.06. The average molecular weight is 343 g/mol. The summed E-state index contributed by atoms with van der Waals surface area (Å²) in [5.41, 5.74) is 4.62. The Morgan fingerprint density at radius 3 is 2.80 bits per heavy atom. The normalized spacial score (nSPS) is 17.5. The summed E-state index contributed by atoms with van der Waals surface area (Å²) in [5.74, 6) is -0.269. The minimum absolute atomic E-state index is 0.0237. The van der Waals surface area contributed by atoms with Crippen molar-refractivity contribution in [3.8, 4) is 0 Å². The first-order valence-electron chi connectivity index (χ1n) is 8.90. The second-order valence-electron chi connectivity index (χ2n) is 6.32. The Balaban J connectivity index is 1.67. The van der Waals surface area contributed by atoms with E-state index in [2.05, 4.69) is 10.4 Å². The third-order valence-corrected chi connectivity index (χ3v) is 4.78. The van der Waals surface area contributed by atoms with Crippen molar-refractivity contribution in [2.75, 3.05) is 31.6 Å². The fourth-order valence-electron chi connectivity index (χ4n) is 3.32. The number of likely N-dealkylation sites (tertiary alicyclic amines) is 1. The quantitative estimate of drug-likeness (QED) is 0.926. The fourth-order valence-corrected chi connectivity index (χ4v) is 3.32. The molecule has 0 bridgehead atoms. The number of nitrogens with one attached hydrogen (secondary N) is 1. The van der Waals surface area contributed by atoms with Crippen LogP contribution in [0.15, 0.2) is 30.6 Å². The number of amides is 3. The van der Waals surface area contributed by atoms with Crippen LogP contribution in [0.1, 0.15) is 26.7 Å². The van der Waals surface area contributed by atoms with Crippen LogP contribution in [0.5, 0.6) is 0 Å². The van der Waals surface area contributed by atoms with Crippen LogP contribution in [0.25, 0.3) is 11.0 Å². The number of hydrogen-bond acceptors (Lipinski definition) is 3. The Morgan fingerprint density at radius 1 is 1.28 bits per heavy atom. The SMILES string of the molecule is CCN(CC)C(=O)N1CCC[C@@H](C(=O)Nn2cnc3ccccc32)C1. The van der Waals surface area contributed by atoms with Gasteiger partial charge in [0.05, 0.1) is 17.0 Å². The van der Waals surface area contributed by atoms with Gasteiger partial charge in [-0.15, -0.1) is 0 Å². The molecule has 1 aromatic carbocycles. The molecule has 2 aromatic rings. The molecule has 3 rings (SSSR count). The highest BCUT2D eigenvalue weighted by molar-refractivity contribution is 5.89. The van der Waals surface area contributed by atoms with Gasteiger partial charge in [0.1, 0.15) is 6.33 Å². The Morgan fingerprint density at radius 2 is 2.04 bits per heavy atom. The summed E-state index contributed by atoms with van der Waals surface area (Å²) in [5, 5.41) is 0. The first-order chi connectivity index (χ1) is 12.1. The highest BCUT2D eigenvalue weighted by Gasteiger charge is 2.30. The lowest BCUT2D eigenvalue weighted by molar-refractivity contribution is -0.122. The number of rotatable bonds is 4. The van der Waals surface area contributed by atoms with Crippen LogP contribution in [0.4, 0.5) is 4.79 Å². The lowest BCUT2D eigenvalue weighted by atomic mass is 9.97. The maximum atomic E-state index is 12.7. The van der Waals surface area contributed by atoms with Crippen molar-refractivity contribution < 1.29 is 9.59 Å². The van der Waals surface area contributed by atoms with Crippen LogP contribution in [-0.2, 0) is 4.79 Å². The van der Waals surface area contributed by atoms with Crippen molar-refractivity contribution in [3.63, 3.8) is 0 Å². The Kier molecular flexibility index (Phi) is 5.21. The molecular weight excluding hydrogens is 318 g/mol. The minimum Gasteiger partial charge on any atom is -0.325 e. The number of benzene rings is 1. The number of para-hydroxylation sites is 2. The zero-order valence-electron chi connectivity index (χ0n) is 14.8. The van der Waals surface area contributed by atoms with Crippen molar-refractivity contribution in [1.29, 1.82) is 0 Å². The smallest absolute Gasteiger partial charge is 0.320 e. The van der Waals surface area contributed by atoms with Crippen molar-refractivity contribution in [3.05, 3.63) is 30.6 Å². The molecule has 0 radical (unpaired) electrons. The number of carbonyl (C=O) groups excluding carboxylic acids is 2. The third-order valence-electron chi connectivity index (χ3n) is 4.78. The van der Waals surface area contributed by atoms with Crippen molar-refractivity contribution in [1.82, 2.24) is 19.5 Å². The number of carbonyl (C=O) groups is 2. The molecular formula is C18H25N5O2. The van der Waals surface area contributed by atoms with E-state index in [0.29, 0.717) is 26.2 Å². The van der Waals surface area contributed by atoms with E-state index in [1.807, 2.05) is 38.1 Å². The molecule has 0 spiro atoms. The van der Waals surface area contributed by atoms with Gasteiger partial charge in [-0.3, -0.25) is 10.2 Å². The number of fused-ring (bicyclic) bond motifs is 1. The van der Waals surface area contributed by atoms with E-state index in [1.165, 1.54) is 0 Å². The summed E-state index contributed by atoms with van der Waals surface area (Å²) >= 11 is 0. The van der Waals surface area contributed by atoms with Crippen LogP contribution in [-0.4, -0.2) is 57.6 Å². The topological polar surface area (TPSA) is 70.5 Å². The maximum absolute atomic E-state index is 12.7. The van der Waals surface area contributed by atoms with Gasteiger partial charge in [0.2, 0.25) is 5.91 Å². The van der Waals surface area contributed by atoms with E-state index >= 15 is 0 Å². The maximum Gasteiger partial charge on any atom is 0.320 e. The Bertz CT molecular complexity index is 753. The summed E-state index contributed by atoms with van der Waals surface area (Å²) < 4.78 is 1.66. The molecule has 1 saturated heterocycles. The largest absolute Gasteiger partial charge is 0.325 e. The second-order valence-corrected chi connectivity index (χ2v) is 6.32. The molecule has 1 aromatic heterocycles. The molecule has 3 amide bonds. The van der Waals surface area contributed by atoms with Gasteiger partial charge < -0.3 is 9.80 Å². The summed E-state index contributed by atoms with van der Waals surface area (Å²) in [4.78, 5) is 33.1. The number of aromatic nitrogens is 2. The lowest BCUT2D eigenvalue weighted by Gasteiger charge is -2.35. The number of imidazole rings is 1. The van der Waals surface area contributed by atoms with Gasteiger partial charge in [-0.1, -0.05) is 12.1 Å². The second kappa shape index (κ2) is 7.55. The van der Waals surface area contributed by atoms with Crippen LogP contribution in [0, 0.1) is 5.92 Å². The lowest BCUT2D eigenvalue weighted by Crippen LogP contribution is -2.49. The third kappa shape index (κ3) is 3.60. The molecule has 0 unspecified atom stereocenters. The van der Waals surface area contributed by atoms with Crippen molar-refractivity contribution >= 4 is 23.0 Å². The van der Waals surface area contributed by atoms with Gasteiger partial charge in [0.15, 0.2) is 0 Å². The standard InChI is InChI=1S/C18H25N5O2/c1-3-21(4-2)18(25)22-11-7-8-14(12-22)17(24)20-23-13-19-15-9-5-6-10-16(15)23/h5-6,9-10,13-14H,3-4,7-8,11-12H2,1-2H3,(H,20,24)/t14-/m1/s1. The summed E-state index contributed by atoms with van der Waals surface area (Å²) in [6, 6.07) is 7.68. The first-order valence-corrected chi connectivity index (χ1v) is 8.90. The predicted molar refractivity (Wildman–Crippen MR) is 96.7 cm³/mol. The monoisotopic (exact) mass is 343 g/mol. The van der Waals surface area contributed by atoms with Gasteiger partial charge in [-0.05, 0) is 38.8 Å². The van der Waals surface area contributed by atoms with E-state index in [-0.39, 0.29) is 17.9 Å². The molecule has 2 heterocycles. The van der Waals surface area contributed by atoms with E-state index < -0.39 is 0 Å². The minimum atomic E-state index is -0.200. The van der Waals surface area contributed by atoms with Crippen LogP contribution in [0.3, 0.4) is 0 Å². The fraction of sp³-hybridized carbons (Fsp3) is 0.500. The molecule has 0 aliphatic carbocycles. The number of hydrogen-bond donors (Lipinski definition) is 1. The molecule has 1 atom stereocenters. The molecule has 7 heteroatoms. The van der Waals surface area contributed by atoms with E-state index in [0.717, 1.165) is 23.9 Å². The van der Waals surface area contributed by atoms with E-state index in [1.54, 1.807) is 20.8 Å². The molecule has 1 aliphatic rings. The van der Waals surface area contributed by atoms with Gasteiger partial charge in [0, 0.05) is 26.2 Å². The molecule has 1 fully saturated rings. The molecule has 7 nitrogen and oxygen atoms in total. The molecule has 134 valence electrons. The zero-order chi connectivity index (χ0) is 17.8. The van der Waals surface area contributed by atoms with Crippen LogP contribution in [0.2, 0.25) is 0 Å². The van der Waals surface area contributed by atoms with Gasteiger partial charge in [0.25, 0.3) is 0 Å². The van der Waals surface area contributed by atoms with E-state index in [9.17, 15) is 9.59 Å². The highest BCUT2D eigenvalue weighted by atomic mass is 16.2. The zero-order valence-corrected chi connectivity index (χ0v) is 14.8. The summed E-state index contributed by atoms with van der Waals surface area (Å²) in [7, 11) is 0. The molecule has 0 saturated carbocycles. The van der Waals surface area contributed by atoms with Gasteiger partial charge in [-0.2, -0.15) is 0 Å². The van der Waals surface area contributed by atoms with Crippen molar-refractivity contribution in [2.24, 2.45) is 5.92 Å². The molecule has 25 heavy (non-hydrogen) atoms. The number of piperidine rings is 1. The molecule has 1 aliphatic heterocycles. The van der Waals surface area contributed by atoms with Gasteiger partial charge in [-0.25, -0.2) is 14.5 Å². The van der Waals surface area contributed by atoms with E-state index in [4.69, 9.17) is 0 Å². The Hall–Kier alpha value is -2.57. The number of nitrogens with zero attached hydrogens (tertiary/aromatic N) is 4. The summed E-state index contributed by atoms with van der Waals surface area (Å²) in [6.07, 6.45) is 3.25. The number of urea groups is 1. The van der Waals surface area contributed by atoms with Crippen LogP contribution >= 0.6 is 0 Å². The highest BCUT2D eigenvalue weighted by Crippen LogP contribution is 2.19. The van der Waals surface area contributed by atoms with Crippen LogP contribution < -0.4 is 5.43 Å². The Labute approximate surface area is 147 Å². The predicted octanol–water partition coefficient (Wildman–Crippen LogP) is 2.28.